The van der Waals surface area contributed by atoms with Crippen molar-refractivity contribution >= 4 is 46.6 Å². The lowest BCUT2D eigenvalue weighted by atomic mass is 10.3. The Hall–Kier alpha value is -2.42. The molecule has 0 saturated heterocycles. The number of H-pyrrole nitrogens is 1. The summed E-state index contributed by atoms with van der Waals surface area (Å²) >= 11 is 13.2. The first-order chi connectivity index (χ1) is 13.5. The molecule has 0 radical (unpaired) electrons. The maximum Gasteiger partial charge on any atom is 0.442 e. The molecule has 3 rings (SSSR count). The summed E-state index contributed by atoms with van der Waals surface area (Å²) in [6.07, 6.45) is 0.167. The third-order valence-electron chi connectivity index (χ3n) is 3.73. The maximum absolute atomic E-state index is 12.2. The molecule has 2 aromatic carbocycles. The fourth-order valence-electron chi connectivity index (χ4n) is 2.34. The van der Waals surface area contributed by atoms with E-state index in [2.05, 4.69) is 10.6 Å². The molecule has 2 N–H and O–H groups in total. The molecule has 3 aromatic rings. The van der Waals surface area contributed by atoms with Crippen LogP contribution in [0.1, 0.15) is 6.42 Å². The summed E-state index contributed by atoms with van der Waals surface area (Å²) in [5.41, 5.74) is 0.627. The van der Waals surface area contributed by atoms with Crippen molar-refractivity contribution in [1.82, 2.24) is 5.27 Å². The van der Waals surface area contributed by atoms with Gasteiger partial charge in [0.2, 0.25) is 11.6 Å². The predicted octanol–water partition coefficient (Wildman–Crippen LogP) is 3.68. The van der Waals surface area contributed by atoms with Crippen LogP contribution in [0.15, 0.2) is 56.8 Å². The quantitative estimate of drug-likeness (QED) is 0.432. The van der Waals surface area contributed by atoms with Crippen molar-refractivity contribution in [3.05, 3.63) is 62.9 Å². The Labute approximate surface area is 174 Å². The Bertz CT molecular complexity index is 1030. The fourth-order valence-corrected chi connectivity index (χ4v) is 3.60. The molecule has 1 aromatic heterocycles. The van der Waals surface area contributed by atoms with E-state index < -0.39 is 5.63 Å². The Morgan fingerprint density at radius 2 is 2.00 bits per heavy atom. The molecule has 10 heteroatoms. The number of benzene rings is 2. The van der Waals surface area contributed by atoms with Crippen LogP contribution in [0.5, 0.6) is 5.75 Å². The molecule has 0 fully saturated rings. The second kappa shape index (κ2) is 9.18. The van der Waals surface area contributed by atoms with Crippen LogP contribution in [0, 0.1) is 0 Å². The molecule has 0 spiro atoms. The zero-order valence-corrected chi connectivity index (χ0v) is 17.0. The predicted molar refractivity (Wildman–Crippen MR) is 108 cm³/mol. The third kappa shape index (κ3) is 4.70. The van der Waals surface area contributed by atoms with Crippen LogP contribution in [0.2, 0.25) is 10.0 Å². The molecular weight excluding hydrogens is 425 g/mol. The van der Waals surface area contributed by atoms with Gasteiger partial charge >= 0.3 is 10.7 Å². The summed E-state index contributed by atoms with van der Waals surface area (Å²) < 4.78 is 11.5. The van der Waals surface area contributed by atoms with E-state index in [-0.39, 0.29) is 17.4 Å². The third-order valence-corrected chi connectivity index (χ3v) is 5.58. The van der Waals surface area contributed by atoms with Crippen LogP contribution in [0.25, 0.3) is 5.69 Å². The van der Waals surface area contributed by atoms with Gasteiger partial charge in [-0.3, -0.25) is 9.32 Å². The van der Waals surface area contributed by atoms with E-state index in [0.717, 1.165) is 0 Å². The highest BCUT2D eigenvalue weighted by atomic mass is 35.5. The minimum Gasteiger partial charge on any atom is -0.497 e. The molecule has 0 atom stereocenters. The van der Waals surface area contributed by atoms with Gasteiger partial charge in [-0.2, -0.15) is 0 Å². The average Bonchev–Trinajstić information content (AvgIpc) is 3.06. The number of nitrogens with one attached hydrogen (secondary N) is 2. The van der Waals surface area contributed by atoms with Crippen LogP contribution >= 0.6 is 35.0 Å². The van der Waals surface area contributed by atoms with Crippen molar-refractivity contribution in [2.45, 2.75) is 11.4 Å². The van der Waals surface area contributed by atoms with Crippen LogP contribution in [-0.2, 0) is 4.79 Å². The van der Waals surface area contributed by atoms with Crippen LogP contribution in [-0.4, -0.2) is 24.0 Å². The lowest BCUT2D eigenvalue weighted by Crippen LogP contribution is -2.36. The zero-order valence-electron chi connectivity index (χ0n) is 14.7. The highest BCUT2D eigenvalue weighted by Crippen LogP contribution is 2.29. The number of carbonyl (C=O) groups excluding carboxylic acids is 1. The number of anilines is 1. The van der Waals surface area contributed by atoms with Gasteiger partial charge in [0, 0.05) is 24.3 Å². The lowest BCUT2D eigenvalue weighted by Gasteiger charge is -2.07. The number of carbonyl (C=O) groups is 1. The summed E-state index contributed by atoms with van der Waals surface area (Å²) in [7, 11) is 1.57. The molecular formula is C18H16Cl2N3O4S+. The van der Waals surface area contributed by atoms with Crippen molar-refractivity contribution in [3.8, 4) is 11.4 Å². The molecule has 1 amide bonds. The van der Waals surface area contributed by atoms with E-state index in [1.807, 2.05) is 0 Å². The molecule has 0 aliphatic heterocycles. The highest BCUT2D eigenvalue weighted by Gasteiger charge is 2.24. The van der Waals surface area contributed by atoms with Gasteiger partial charge in [-0.25, -0.2) is 4.79 Å². The minimum atomic E-state index is -0.515. The average molecular weight is 441 g/mol. The highest BCUT2D eigenvalue weighted by molar-refractivity contribution is 7.99. The molecule has 0 aliphatic carbocycles. The number of amides is 1. The second-order valence-corrected chi connectivity index (χ2v) is 7.44. The summed E-state index contributed by atoms with van der Waals surface area (Å²) in [5, 5.41) is 6.24. The zero-order chi connectivity index (χ0) is 20.1. The number of thioether (sulfide) groups is 1. The van der Waals surface area contributed by atoms with Crippen LogP contribution in [0.3, 0.4) is 0 Å². The Kier molecular flexibility index (Phi) is 6.66. The number of hydrogen-bond acceptors (Lipinski definition) is 5. The SMILES string of the molecule is COc1ccc(-[n+]2[nH]oc(=O)c2SCCC(=O)Nc2cccc(Cl)c2Cl)cc1. The van der Waals surface area contributed by atoms with Crippen molar-refractivity contribution in [3.63, 3.8) is 0 Å². The topological polar surface area (TPSA) is 88.2 Å². The summed E-state index contributed by atoms with van der Waals surface area (Å²) in [6.45, 7) is 0. The Morgan fingerprint density at radius 1 is 1.25 bits per heavy atom. The normalized spacial score (nSPS) is 10.7. The van der Waals surface area contributed by atoms with Gasteiger partial charge in [0.05, 0.1) is 22.8 Å². The number of aromatic nitrogens is 2. The Balaban J connectivity index is 1.63. The van der Waals surface area contributed by atoms with E-state index in [4.69, 9.17) is 32.5 Å². The first kappa shape index (κ1) is 20.3. The molecule has 0 unspecified atom stereocenters. The van der Waals surface area contributed by atoms with Gasteiger partial charge in [0.15, 0.2) is 0 Å². The smallest absolute Gasteiger partial charge is 0.442 e. The summed E-state index contributed by atoms with van der Waals surface area (Å²) in [6, 6.07) is 12.1. The van der Waals surface area contributed by atoms with Gasteiger partial charge in [0.1, 0.15) is 5.75 Å². The van der Waals surface area contributed by atoms with E-state index in [1.165, 1.54) is 16.4 Å². The molecule has 146 valence electrons. The van der Waals surface area contributed by atoms with Crippen molar-refractivity contribution in [1.29, 1.82) is 0 Å². The van der Waals surface area contributed by atoms with Gasteiger partial charge < -0.3 is 10.1 Å². The molecule has 28 heavy (non-hydrogen) atoms. The lowest BCUT2D eigenvalue weighted by molar-refractivity contribution is -0.704. The molecule has 7 nitrogen and oxygen atoms in total. The number of hydrogen-bond donors (Lipinski definition) is 2. The van der Waals surface area contributed by atoms with Gasteiger partial charge in [-0.15, -0.1) is 0 Å². The van der Waals surface area contributed by atoms with Crippen LogP contribution < -0.4 is 20.4 Å². The van der Waals surface area contributed by atoms with Gasteiger partial charge in [0.25, 0.3) is 0 Å². The molecule has 1 heterocycles. The first-order valence-electron chi connectivity index (χ1n) is 8.14. The van der Waals surface area contributed by atoms with E-state index in [9.17, 15) is 9.59 Å². The van der Waals surface area contributed by atoms with Crippen molar-refractivity contribution in [2.75, 3.05) is 18.2 Å². The van der Waals surface area contributed by atoms with Crippen LogP contribution in [0.4, 0.5) is 5.69 Å². The van der Waals surface area contributed by atoms with Crippen molar-refractivity contribution < 1.29 is 18.7 Å². The van der Waals surface area contributed by atoms with Gasteiger partial charge in [-0.05, 0) is 46.0 Å². The van der Waals surface area contributed by atoms with Gasteiger partial charge in [-0.1, -0.05) is 29.3 Å². The summed E-state index contributed by atoms with van der Waals surface area (Å²) in [4.78, 5) is 24.1. The van der Waals surface area contributed by atoms with E-state index in [1.54, 1.807) is 49.6 Å². The van der Waals surface area contributed by atoms with Crippen molar-refractivity contribution in [2.24, 2.45) is 0 Å². The second-order valence-electron chi connectivity index (χ2n) is 5.57. The molecule has 0 bridgehead atoms. The number of aromatic amines is 1. The van der Waals surface area contributed by atoms with E-state index in [0.29, 0.717) is 32.9 Å². The molecule has 0 saturated carbocycles. The Morgan fingerprint density at radius 3 is 2.71 bits per heavy atom. The number of nitrogens with zero attached hydrogens (tertiary/aromatic N) is 1. The summed E-state index contributed by atoms with van der Waals surface area (Å²) in [5.74, 6) is 0.816. The largest absolute Gasteiger partial charge is 0.497 e. The number of rotatable bonds is 7. The number of methoxy groups -OCH3 is 1. The van der Waals surface area contributed by atoms with E-state index >= 15 is 0 Å². The first-order valence-corrected chi connectivity index (χ1v) is 9.88. The number of ether oxygens (including phenoxy) is 1. The fraction of sp³-hybridized carbons (Fsp3) is 0.167. The number of halogens is 2. The standard InChI is InChI=1S/C18H15Cl2N3O4S/c1-26-12-7-5-11(6-8-12)23-17(18(25)27-22-23)28-10-9-15(24)21-14-4-2-3-13(19)16(14)20/h2-8H,9-10H2,1H3,(H-,21,22,24,25)/p+1. The monoisotopic (exact) mass is 440 g/mol. The maximum atomic E-state index is 12.2. The minimum absolute atomic E-state index is 0.167. The molecule has 0 aliphatic rings.